The van der Waals surface area contributed by atoms with E-state index in [1.807, 2.05) is 30.3 Å². The maximum absolute atomic E-state index is 12.4. The summed E-state index contributed by atoms with van der Waals surface area (Å²) in [6.45, 7) is 0. The third-order valence-electron chi connectivity index (χ3n) is 3.54. The Morgan fingerprint density at radius 1 is 1.04 bits per heavy atom. The fourth-order valence-corrected chi connectivity index (χ4v) is 3.82. The largest absolute Gasteiger partial charge is 0.403 e. The van der Waals surface area contributed by atoms with E-state index in [0.29, 0.717) is 19.8 Å². The molecule has 2 aromatic heterocycles. The van der Waals surface area contributed by atoms with Crippen LogP contribution < -0.4 is 5.32 Å². The summed E-state index contributed by atoms with van der Waals surface area (Å²) in [5.41, 5.74) is 1.03. The molecule has 1 N–H and O–H groups in total. The summed E-state index contributed by atoms with van der Waals surface area (Å²) in [6, 6.07) is 14.9. The number of aromatic nitrogens is 2. The van der Waals surface area contributed by atoms with Gasteiger partial charge >= 0.3 is 6.01 Å². The molecule has 4 rings (SSSR count). The predicted octanol–water partition coefficient (Wildman–Crippen LogP) is 5.51. The van der Waals surface area contributed by atoms with Crippen LogP contribution >= 0.6 is 34.5 Å². The number of fused-ring (bicyclic) bond motifs is 1. The molecule has 2 aromatic carbocycles. The highest BCUT2D eigenvalue weighted by Crippen LogP contribution is 2.37. The standard InChI is InChI=1S/C17H9Cl2N3O2S/c18-13-8-12(14(19)25-13)16-21-22-17(24-16)20-15(23)11-6-5-9-3-1-2-4-10(9)7-11/h1-8H,(H,20,22,23). The molecule has 4 aromatic rings. The van der Waals surface area contributed by atoms with Crippen LogP contribution in [0, 0.1) is 0 Å². The average Bonchev–Trinajstić information content (AvgIpc) is 3.20. The molecule has 8 heteroatoms. The first-order valence-corrected chi connectivity index (χ1v) is 8.76. The van der Waals surface area contributed by atoms with Crippen molar-refractivity contribution < 1.29 is 9.21 Å². The Hall–Kier alpha value is -2.41. The first-order valence-electron chi connectivity index (χ1n) is 7.19. The molecule has 0 saturated heterocycles. The number of carbonyl (C=O) groups excluding carboxylic acids is 1. The Labute approximate surface area is 156 Å². The van der Waals surface area contributed by atoms with Crippen LogP contribution in [-0.4, -0.2) is 16.1 Å². The Morgan fingerprint density at radius 2 is 1.84 bits per heavy atom. The number of carbonyl (C=O) groups is 1. The fourth-order valence-electron chi connectivity index (χ4n) is 2.37. The number of nitrogens with one attached hydrogen (secondary N) is 1. The quantitative estimate of drug-likeness (QED) is 0.501. The van der Waals surface area contributed by atoms with Crippen LogP contribution in [0.3, 0.4) is 0 Å². The van der Waals surface area contributed by atoms with Gasteiger partial charge in [-0.2, -0.15) is 0 Å². The number of hydrogen-bond acceptors (Lipinski definition) is 5. The van der Waals surface area contributed by atoms with E-state index in [0.717, 1.165) is 10.8 Å². The molecule has 0 fully saturated rings. The second-order valence-electron chi connectivity index (χ2n) is 5.17. The van der Waals surface area contributed by atoms with E-state index in [-0.39, 0.29) is 17.8 Å². The highest BCUT2D eigenvalue weighted by atomic mass is 35.5. The molecule has 0 radical (unpaired) electrons. The summed E-state index contributed by atoms with van der Waals surface area (Å²) < 4.78 is 6.41. The van der Waals surface area contributed by atoms with Crippen LogP contribution in [0.2, 0.25) is 8.67 Å². The minimum atomic E-state index is -0.338. The maximum Gasteiger partial charge on any atom is 0.322 e. The van der Waals surface area contributed by atoms with Crippen molar-refractivity contribution in [3.8, 4) is 11.5 Å². The second-order valence-corrected chi connectivity index (χ2v) is 7.45. The lowest BCUT2D eigenvalue weighted by molar-refractivity contribution is 0.102. The van der Waals surface area contributed by atoms with Crippen molar-refractivity contribution in [2.75, 3.05) is 5.32 Å². The number of thiophene rings is 1. The second kappa shape index (κ2) is 6.48. The van der Waals surface area contributed by atoms with E-state index in [4.69, 9.17) is 27.6 Å². The van der Waals surface area contributed by atoms with E-state index in [2.05, 4.69) is 15.5 Å². The van der Waals surface area contributed by atoms with Gasteiger partial charge < -0.3 is 4.42 Å². The van der Waals surface area contributed by atoms with E-state index in [1.54, 1.807) is 18.2 Å². The summed E-state index contributed by atoms with van der Waals surface area (Å²) in [4.78, 5) is 12.4. The minimum Gasteiger partial charge on any atom is -0.403 e. The van der Waals surface area contributed by atoms with E-state index < -0.39 is 0 Å². The van der Waals surface area contributed by atoms with Gasteiger partial charge in [0.05, 0.1) is 9.90 Å². The van der Waals surface area contributed by atoms with Crippen molar-refractivity contribution in [2.24, 2.45) is 0 Å². The molecule has 0 bridgehead atoms. The molecule has 2 heterocycles. The lowest BCUT2D eigenvalue weighted by Crippen LogP contribution is -2.12. The summed E-state index contributed by atoms with van der Waals surface area (Å²) >= 11 is 13.2. The van der Waals surface area contributed by atoms with Crippen molar-refractivity contribution in [3.63, 3.8) is 0 Å². The third-order valence-corrected chi connectivity index (χ3v) is 5.03. The SMILES string of the molecule is O=C(Nc1nnc(-c2cc(Cl)sc2Cl)o1)c1ccc2ccccc2c1. The van der Waals surface area contributed by atoms with Gasteiger partial charge in [0, 0.05) is 5.56 Å². The first kappa shape index (κ1) is 16.1. The summed E-state index contributed by atoms with van der Waals surface area (Å²) in [5.74, 6) is -0.141. The number of hydrogen-bond donors (Lipinski definition) is 1. The van der Waals surface area contributed by atoms with Gasteiger partial charge in [0.15, 0.2) is 0 Å². The third kappa shape index (κ3) is 3.24. The van der Waals surface area contributed by atoms with Crippen LogP contribution in [0.4, 0.5) is 6.01 Å². The van der Waals surface area contributed by atoms with Crippen LogP contribution in [0.5, 0.6) is 0 Å². The number of nitrogens with zero attached hydrogens (tertiary/aromatic N) is 2. The molecule has 5 nitrogen and oxygen atoms in total. The fraction of sp³-hybridized carbons (Fsp3) is 0. The van der Waals surface area contributed by atoms with E-state index in [9.17, 15) is 4.79 Å². The molecule has 0 aliphatic rings. The van der Waals surface area contributed by atoms with Crippen LogP contribution in [-0.2, 0) is 0 Å². The molecule has 124 valence electrons. The van der Waals surface area contributed by atoms with Crippen molar-refractivity contribution in [1.29, 1.82) is 0 Å². The van der Waals surface area contributed by atoms with Crippen molar-refractivity contribution in [2.45, 2.75) is 0 Å². The summed E-state index contributed by atoms with van der Waals surface area (Å²) in [5, 5.41) is 12.3. The van der Waals surface area contributed by atoms with Crippen molar-refractivity contribution in [3.05, 3.63) is 62.8 Å². The smallest absolute Gasteiger partial charge is 0.322 e. The van der Waals surface area contributed by atoms with Crippen LogP contribution in [0.15, 0.2) is 52.9 Å². The molecule has 1 amide bonds. The molecule has 0 atom stereocenters. The van der Waals surface area contributed by atoms with Gasteiger partial charge in [0.1, 0.15) is 4.34 Å². The molecule has 0 spiro atoms. The van der Waals surface area contributed by atoms with Gasteiger partial charge in [-0.15, -0.1) is 16.4 Å². The van der Waals surface area contributed by atoms with Gasteiger partial charge in [-0.1, -0.05) is 58.6 Å². The minimum absolute atomic E-state index is 0.00783. The zero-order chi connectivity index (χ0) is 17.4. The molecule has 0 unspecified atom stereocenters. The highest BCUT2D eigenvalue weighted by molar-refractivity contribution is 7.20. The van der Waals surface area contributed by atoms with Gasteiger partial charge in [-0.05, 0) is 29.0 Å². The summed E-state index contributed by atoms with van der Waals surface area (Å²) in [6.07, 6.45) is 0. The van der Waals surface area contributed by atoms with Crippen molar-refractivity contribution in [1.82, 2.24) is 10.2 Å². The number of benzene rings is 2. The first-order chi connectivity index (χ1) is 12.1. The van der Waals surface area contributed by atoms with Gasteiger partial charge in [-0.3, -0.25) is 10.1 Å². The molecule has 0 aliphatic carbocycles. The normalized spacial score (nSPS) is 11.0. The molecule has 0 aliphatic heterocycles. The Morgan fingerprint density at radius 3 is 2.60 bits per heavy atom. The molecular formula is C17H9Cl2N3O2S. The van der Waals surface area contributed by atoms with Crippen LogP contribution in [0.1, 0.15) is 10.4 Å². The topological polar surface area (TPSA) is 68.0 Å². The predicted molar refractivity (Wildman–Crippen MR) is 99.5 cm³/mol. The highest BCUT2D eigenvalue weighted by Gasteiger charge is 2.17. The number of amides is 1. The molecular weight excluding hydrogens is 381 g/mol. The lowest BCUT2D eigenvalue weighted by Gasteiger charge is -2.03. The maximum atomic E-state index is 12.4. The van der Waals surface area contributed by atoms with E-state index >= 15 is 0 Å². The van der Waals surface area contributed by atoms with Crippen molar-refractivity contribution >= 4 is 57.2 Å². The summed E-state index contributed by atoms with van der Waals surface area (Å²) in [7, 11) is 0. The Kier molecular flexibility index (Phi) is 4.17. The van der Waals surface area contributed by atoms with E-state index in [1.165, 1.54) is 11.3 Å². The monoisotopic (exact) mass is 389 g/mol. The zero-order valence-corrected chi connectivity index (χ0v) is 14.8. The average molecular weight is 390 g/mol. The Bertz CT molecular complexity index is 1090. The zero-order valence-electron chi connectivity index (χ0n) is 12.5. The van der Waals surface area contributed by atoms with Gasteiger partial charge in [0.25, 0.3) is 11.8 Å². The number of halogens is 2. The van der Waals surface area contributed by atoms with Gasteiger partial charge in [0.2, 0.25) is 0 Å². The number of anilines is 1. The molecule has 0 saturated carbocycles. The molecule has 25 heavy (non-hydrogen) atoms. The Balaban J connectivity index is 1.57. The number of rotatable bonds is 3. The van der Waals surface area contributed by atoms with Crippen LogP contribution in [0.25, 0.3) is 22.2 Å². The van der Waals surface area contributed by atoms with Gasteiger partial charge in [-0.25, -0.2) is 0 Å². The lowest BCUT2D eigenvalue weighted by atomic mass is 10.1.